The van der Waals surface area contributed by atoms with E-state index in [1.807, 2.05) is 48.5 Å². The lowest BCUT2D eigenvalue weighted by molar-refractivity contribution is 0.669. The van der Waals surface area contributed by atoms with Gasteiger partial charge in [0.15, 0.2) is 11.7 Å². The normalized spacial score (nSPS) is 12.1. The van der Waals surface area contributed by atoms with E-state index < -0.39 is 0 Å². The maximum atomic E-state index is 6.38. The van der Waals surface area contributed by atoms with Crippen LogP contribution in [0.1, 0.15) is 16.7 Å². The molecule has 4 nitrogen and oxygen atoms in total. The summed E-state index contributed by atoms with van der Waals surface area (Å²) in [5.41, 5.74) is 11.1. The molecule has 0 aliphatic heterocycles. The maximum Gasteiger partial charge on any atom is 0.162 e. The highest BCUT2D eigenvalue weighted by atomic mass is 16.3. The number of para-hydroxylation sites is 1. The fraction of sp³-hybridized carbons (Fsp3) is 0.0200. The van der Waals surface area contributed by atoms with E-state index in [4.69, 9.17) is 14.4 Å². The molecular weight excluding hydrogens is 659 g/mol. The van der Waals surface area contributed by atoms with Crippen LogP contribution in [0.25, 0.3) is 66.1 Å². The molecule has 0 amide bonds. The molecule has 54 heavy (non-hydrogen) atoms. The molecule has 0 radical (unpaired) electrons. The van der Waals surface area contributed by atoms with Gasteiger partial charge in [0, 0.05) is 21.9 Å². The van der Waals surface area contributed by atoms with Gasteiger partial charge in [-0.15, -0.1) is 0 Å². The SMILES string of the molecule is C=N/C(=N\C(=N/Cc1ccccc1)c1ccc(-c2ccc(-c3ccccc3)cc2)cc1)c1c(-c2ccc3ccccc3c2)ccc2oc3ccccc3c12. The first kappa shape index (κ1) is 32.7. The second-order valence-electron chi connectivity index (χ2n) is 13.3. The van der Waals surface area contributed by atoms with Crippen molar-refractivity contribution in [2.45, 2.75) is 6.54 Å². The minimum absolute atomic E-state index is 0.461. The minimum atomic E-state index is 0.461. The van der Waals surface area contributed by atoms with Gasteiger partial charge in [0.25, 0.3) is 0 Å². The standard InChI is InChI=1S/C50H35N3O/c1-51-50(48-43(42-29-26-36-16-8-9-17-41(36)32-42)30-31-46-47(48)44-18-10-11-19-45(44)54-46)53-49(52-33-34-12-4-2-5-13-34)40-27-24-39(25-28-40)38-22-20-37(21-23-38)35-14-6-3-7-15-35/h2-32H,1,33H2/b52-49-,53-50-. The van der Waals surface area contributed by atoms with Gasteiger partial charge in [-0.1, -0.05) is 164 Å². The molecule has 0 saturated heterocycles. The predicted molar refractivity (Wildman–Crippen MR) is 227 cm³/mol. The van der Waals surface area contributed by atoms with Gasteiger partial charge in [0.05, 0.1) is 6.54 Å². The zero-order valence-corrected chi connectivity index (χ0v) is 29.6. The molecule has 0 saturated carbocycles. The van der Waals surface area contributed by atoms with Crippen LogP contribution in [0.15, 0.2) is 207 Å². The average Bonchev–Trinajstić information content (AvgIpc) is 3.63. The summed E-state index contributed by atoms with van der Waals surface area (Å²) in [5.74, 6) is 1.05. The third kappa shape index (κ3) is 6.42. The summed E-state index contributed by atoms with van der Waals surface area (Å²) in [7, 11) is 0. The highest BCUT2D eigenvalue weighted by Gasteiger charge is 2.21. The lowest BCUT2D eigenvalue weighted by atomic mass is 9.93. The van der Waals surface area contributed by atoms with Crippen molar-refractivity contribution < 1.29 is 4.42 Å². The summed E-state index contributed by atoms with van der Waals surface area (Å²) in [6, 6.07) is 65.0. The molecule has 0 aliphatic rings. The van der Waals surface area contributed by atoms with Gasteiger partial charge in [-0.2, -0.15) is 0 Å². The van der Waals surface area contributed by atoms with Crippen LogP contribution < -0.4 is 0 Å². The van der Waals surface area contributed by atoms with Crippen LogP contribution in [0.4, 0.5) is 0 Å². The summed E-state index contributed by atoms with van der Waals surface area (Å²) >= 11 is 0. The van der Waals surface area contributed by atoms with E-state index in [2.05, 4.69) is 151 Å². The van der Waals surface area contributed by atoms with Gasteiger partial charge in [-0.3, -0.25) is 4.99 Å². The molecule has 256 valence electrons. The van der Waals surface area contributed by atoms with Gasteiger partial charge < -0.3 is 4.42 Å². The molecule has 9 aromatic rings. The number of benzene rings is 8. The third-order valence-electron chi connectivity index (χ3n) is 9.91. The first-order valence-corrected chi connectivity index (χ1v) is 18.1. The topological polar surface area (TPSA) is 50.2 Å². The van der Waals surface area contributed by atoms with Crippen molar-refractivity contribution in [3.05, 3.63) is 205 Å². The van der Waals surface area contributed by atoms with Crippen molar-refractivity contribution in [1.82, 2.24) is 0 Å². The number of amidine groups is 2. The molecule has 1 aromatic heterocycles. The van der Waals surface area contributed by atoms with Crippen LogP contribution >= 0.6 is 0 Å². The summed E-state index contributed by atoms with van der Waals surface area (Å²) < 4.78 is 6.38. The van der Waals surface area contributed by atoms with E-state index in [0.29, 0.717) is 18.2 Å². The molecule has 8 aromatic carbocycles. The Morgan fingerprint density at radius 3 is 1.80 bits per heavy atom. The smallest absolute Gasteiger partial charge is 0.162 e. The van der Waals surface area contributed by atoms with Crippen LogP contribution in [0.3, 0.4) is 0 Å². The van der Waals surface area contributed by atoms with Crippen molar-refractivity contribution in [2.75, 3.05) is 0 Å². The van der Waals surface area contributed by atoms with Crippen LogP contribution in [0.2, 0.25) is 0 Å². The highest BCUT2D eigenvalue weighted by molar-refractivity contribution is 6.25. The highest BCUT2D eigenvalue weighted by Crippen LogP contribution is 2.38. The monoisotopic (exact) mass is 693 g/mol. The van der Waals surface area contributed by atoms with E-state index >= 15 is 0 Å². The Morgan fingerprint density at radius 1 is 0.481 bits per heavy atom. The van der Waals surface area contributed by atoms with Crippen molar-refractivity contribution in [3.8, 4) is 33.4 Å². The molecule has 0 bridgehead atoms. The van der Waals surface area contributed by atoms with Crippen LogP contribution in [0.5, 0.6) is 0 Å². The van der Waals surface area contributed by atoms with Crippen molar-refractivity contribution >= 4 is 51.1 Å². The first-order valence-electron chi connectivity index (χ1n) is 18.1. The number of furan rings is 1. The summed E-state index contributed by atoms with van der Waals surface area (Å²) in [6.45, 7) is 4.54. The molecule has 9 rings (SSSR count). The van der Waals surface area contributed by atoms with Crippen LogP contribution in [-0.4, -0.2) is 18.4 Å². The molecule has 0 aliphatic carbocycles. The van der Waals surface area contributed by atoms with E-state index in [1.165, 1.54) is 16.5 Å². The largest absolute Gasteiger partial charge is 0.456 e. The minimum Gasteiger partial charge on any atom is -0.456 e. The molecule has 0 spiro atoms. The van der Waals surface area contributed by atoms with Gasteiger partial charge in [-0.05, 0) is 80.7 Å². The molecule has 1 heterocycles. The number of hydrogen-bond acceptors (Lipinski definition) is 2. The molecule has 0 unspecified atom stereocenters. The average molecular weight is 694 g/mol. The van der Waals surface area contributed by atoms with Crippen molar-refractivity contribution in [2.24, 2.45) is 15.0 Å². The number of hydrogen-bond donors (Lipinski definition) is 0. The van der Waals surface area contributed by atoms with Crippen LogP contribution in [-0.2, 0) is 6.54 Å². The first-order chi connectivity index (χ1) is 26.7. The Kier molecular flexibility index (Phi) is 8.76. The summed E-state index contributed by atoms with van der Waals surface area (Å²) in [4.78, 5) is 15.0. The van der Waals surface area contributed by atoms with E-state index in [0.717, 1.165) is 66.3 Å². The molecular formula is C50H35N3O. The van der Waals surface area contributed by atoms with Gasteiger partial charge in [0.2, 0.25) is 0 Å². The molecule has 0 fully saturated rings. The van der Waals surface area contributed by atoms with E-state index in [1.54, 1.807) is 0 Å². The van der Waals surface area contributed by atoms with E-state index in [9.17, 15) is 0 Å². The lowest BCUT2D eigenvalue weighted by Crippen LogP contribution is -2.07. The zero-order chi connectivity index (χ0) is 36.3. The number of aliphatic imine (C=N–C) groups is 3. The number of nitrogens with zero attached hydrogens (tertiary/aromatic N) is 3. The predicted octanol–water partition coefficient (Wildman–Crippen LogP) is 12.8. The summed E-state index contributed by atoms with van der Waals surface area (Å²) in [5, 5.41) is 4.27. The molecule has 0 N–H and O–H groups in total. The fourth-order valence-electron chi connectivity index (χ4n) is 7.16. The number of fused-ring (bicyclic) bond motifs is 4. The third-order valence-corrected chi connectivity index (χ3v) is 9.91. The molecule has 4 heteroatoms. The van der Waals surface area contributed by atoms with Gasteiger partial charge in [0.1, 0.15) is 11.2 Å². The van der Waals surface area contributed by atoms with Crippen molar-refractivity contribution in [3.63, 3.8) is 0 Å². The van der Waals surface area contributed by atoms with Gasteiger partial charge in [-0.25, -0.2) is 9.98 Å². The Labute approximate surface area is 314 Å². The molecule has 0 atom stereocenters. The fourth-order valence-corrected chi connectivity index (χ4v) is 7.16. The quantitative estimate of drug-likeness (QED) is 0.121. The van der Waals surface area contributed by atoms with Crippen LogP contribution in [0, 0.1) is 0 Å². The second kappa shape index (κ2) is 14.5. The lowest BCUT2D eigenvalue weighted by Gasteiger charge is -2.13. The van der Waals surface area contributed by atoms with Crippen molar-refractivity contribution in [1.29, 1.82) is 0 Å². The maximum absolute atomic E-state index is 6.38. The summed E-state index contributed by atoms with van der Waals surface area (Å²) in [6.07, 6.45) is 0. The Bertz CT molecular complexity index is 2830. The zero-order valence-electron chi connectivity index (χ0n) is 29.6. The Balaban J connectivity index is 1.18. The Morgan fingerprint density at radius 2 is 1.07 bits per heavy atom. The van der Waals surface area contributed by atoms with Gasteiger partial charge >= 0.3 is 0 Å². The Hall–Kier alpha value is -7.17. The second-order valence-corrected chi connectivity index (χ2v) is 13.3. The number of rotatable bonds is 7. The van der Waals surface area contributed by atoms with E-state index in [-0.39, 0.29) is 0 Å².